The molecule has 0 bridgehead atoms. The summed E-state index contributed by atoms with van der Waals surface area (Å²) in [5.74, 6) is -1.98. The predicted octanol–water partition coefficient (Wildman–Crippen LogP) is 2.66. The van der Waals surface area contributed by atoms with Crippen LogP contribution in [-0.4, -0.2) is 10.4 Å². The van der Waals surface area contributed by atoms with Crippen molar-refractivity contribution < 1.29 is 13.6 Å². The van der Waals surface area contributed by atoms with E-state index in [1.807, 2.05) is 0 Å². The Morgan fingerprint density at radius 3 is 2.60 bits per heavy atom. The fourth-order valence-electron chi connectivity index (χ4n) is 1.69. The van der Waals surface area contributed by atoms with Crippen molar-refractivity contribution in [1.29, 1.82) is 0 Å². The molecule has 2 nitrogen and oxygen atoms in total. The van der Waals surface area contributed by atoms with E-state index in [1.54, 1.807) is 11.6 Å². The van der Waals surface area contributed by atoms with Gasteiger partial charge in [0, 0.05) is 19.4 Å². The second kappa shape index (κ2) is 3.15. The quantitative estimate of drug-likeness (QED) is 0.662. The van der Waals surface area contributed by atoms with Crippen molar-refractivity contribution in [3.63, 3.8) is 0 Å². The number of Topliss-reactive ketones (excluding diaryl/α,β-unsaturated/α-hetero) is 1. The molecule has 0 aliphatic heterocycles. The van der Waals surface area contributed by atoms with Crippen molar-refractivity contribution in [3.05, 3.63) is 35.5 Å². The third-order valence-electron chi connectivity index (χ3n) is 2.47. The number of halogens is 2. The molecule has 0 aliphatic rings. The molecular weight excluding hydrogens is 200 g/mol. The fourth-order valence-corrected chi connectivity index (χ4v) is 1.69. The lowest BCUT2D eigenvalue weighted by Crippen LogP contribution is -2.00. The lowest BCUT2D eigenvalue weighted by atomic mass is 10.2. The minimum absolute atomic E-state index is 0.141. The number of ketones is 1. The van der Waals surface area contributed by atoms with Crippen LogP contribution in [0.5, 0.6) is 0 Å². The highest BCUT2D eigenvalue weighted by atomic mass is 19.2. The third-order valence-corrected chi connectivity index (χ3v) is 2.47. The van der Waals surface area contributed by atoms with E-state index in [1.165, 1.54) is 19.1 Å². The van der Waals surface area contributed by atoms with Crippen molar-refractivity contribution in [2.75, 3.05) is 0 Å². The Kier molecular flexibility index (Phi) is 2.07. The fraction of sp³-hybridized carbons (Fsp3) is 0.182. The van der Waals surface area contributed by atoms with Crippen LogP contribution in [0.2, 0.25) is 0 Å². The third kappa shape index (κ3) is 1.33. The van der Waals surface area contributed by atoms with Crippen LogP contribution in [0, 0.1) is 11.6 Å². The van der Waals surface area contributed by atoms with Gasteiger partial charge in [-0.25, -0.2) is 8.78 Å². The summed E-state index contributed by atoms with van der Waals surface area (Å²) in [5.41, 5.74) is 0.883. The number of carbonyl (C=O) groups is 1. The highest BCUT2D eigenvalue weighted by molar-refractivity contribution is 5.98. The van der Waals surface area contributed by atoms with Gasteiger partial charge < -0.3 is 4.57 Å². The first-order valence-electron chi connectivity index (χ1n) is 4.46. The number of hydrogen-bond donors (Lipinski definition) is 0. The minimum Gasteiger partial charge on any atom is -0.341 e. The summed E-state index contributed by atoms with van der Waals surface area (Å²) in [5, 5.41) is 0.141. The van der Waals surface area contributed by atoms with Crippen LogP contribution in [0.4, 0.5) is 8.78 Å². The zero-order chi connectivity index (χ0) is 11.2. The second-order valence-electron chi connectivity index (χ2n) is 3.44. The van der Waals surface area contributed by atoms with Crippen LogP contribution in [0.25, 0.3) is 10.9 Å². The van der Waals surface area contributed by atoms with Gasteiger partial charge in [0.1, 0.15) is 0 Å². The van der Waals surface area contributed by atoms with E-state index in [-0.39, 0.29) is 11.2 Å². The maximum absolute atomic E-state index is 13.4. The topological polar surface area (TPSA) is 22.0 Å². The molecule has 15 heavy (non-hydrogen) atoms. The van der Waals surface area contributed by atoms with Gasteiger partial charge in [-0.2, -0.15) is 0 Å². The lowest BCUT2D eigenvalue weighted by molar-refractivity contribution is 0.101. The number of rotatable bonds is 1. The molecule has 0 spiro atoms. The molecule has 0 amide bonds. The van der Waals surface area contributed by atoms with Crippen LogP contribution in [0.3, 0.4) is 0 Å². The molecule has 2 rings (SSSR count). The van der Waals surface area contributed by atoms with E-state index < -0.39 is 11.6 Å². The zero-order valence-electron chi connectivity index (χ0n) is 8.34. The van der Waals surface area contributed by atoms with E-state index in [0.29, 0.717) is 11.2 Å². The van der Waals surface area contributed by atoms with E-state index in [9.17, 15) is 13.6 Å². The van der Waals surface area contributed by atoms with Crippen LogP contribution in [0.1, 0.15) is 17.4 Å². The van der Waals surface area contributed by atoms with Gasteiger partial charge in [-0.15, -0.1) is 0 Å². The van der Waals surface area contributed by atoms with E-state index in [2.05, 4.69) is 0 Å². The lowest BCUT2D eigenvalue weighted by Gasteiger charge is -1.99. The van der Waals surface area contributed by atoms with Crippen LogP contribution in [0.15, 0.2) is 18.2 Å². The number of aryl methyl sites for hydroxylation is 1. The SMILES string of the molecule is CC(=O)c1cc2c(F)c(F)ccc2n1C. The number of carbonyl (C=O) groups excluding carboxylic acids is 1. The molecule has 2 aromatic rings. The Labute approximate surface area is 85.1 Å². The highest BCUT2D eigenvalue weighted by Crippen LogP contribution is 2.23. The molecule has 0 unspecified atom stereocenters. The molecule has 0 saturated carbocycles. The van der Waals surface area contributed by atoms with Crippen LogP contribution < -0.4 is 0 Å². The Balaban J connectivity index is 2.88. The number of nitrogens with zero attached hydrogens (tertiary/aromatic N) is 1. The van der Waals surface area contributed by atoms with E-state index >= 15 is 0 Å². The molecule has 0 radical (unpaired) electrons. The summed E-state index contributed by atoms with van der Waals surface area (Å²) in [6.07, 6.45) is 0. The molecule has 0 fully saturated rings. The number of benzene rings is 1. The van der Waals surface area contributed by atoms with Crippen molar-refractivity contribution in [2.45, 2.75) is 6.92 Å². The number of hydrogen-bond acceptors (Lipinski definition) is 1. The number of fused-ring (bicyclic) bond motifs is 1. The summed E-state index contributed by atoms with van der Waals surface area (Å²) >= 11 is 0. The molecule has 0 saturated heterocycles. The first kappa shape index (κ1) is 9.83. The first-order chi connectivity index (χ1) is 7.02. The Hall–Kier alpha value is -1.71. The summed E-state index contributed by atoms with van der Waals surface area (Å²) < 4.78 is 27.8. The van der Waals surface area contributed by atoms with Crippen LogP contribution >= 0.6 is 0 Å². The summed E-state index contributed by atoms with van der Waals surface area (Å²) in [6, 6.07) is 3.89. The molecular formula is C11H9F2NO. The Bertz CT molecular complexity index is 557. The van der Waals surface area contributed by atoms with Gasteiger partial charge in [-0.3, -0.25) is 4.79 Å². The maximum Gasteiger partial charge on any atom is 0.176 e. The van der Waals surface area contributed by atoms with Crippen molar-refractivity contribution >= 4 is 16.7 Å². The Morgan fingerprint density at radius 1 is 1.33 bits per heavy atom. The van der Waals surface area contributed by atoms with E-state index in [0.717, 1.165) is 6.07 Å². The van der Waals surface area contributed by atoms with E-state index in [4.69, 9.17) is 0 Å². The second-order valence-corrected chi connectivity index (χ2v) is 3.44. The molecule has 1 aromatic heterocycles. The van der Waals surface area contributed by atoms with Gasteiger partial charge in [0.25, 0.3) is 0 Å². The average molecular weight is 209 g/mol. The number of aromatic nitrogens is 1. The molecule has 0 N–H and O–H groups in total. The molecule has 4 heteroatoms. The standard InChI is InChI=1S/C11H9F2NO/c1-6(15)10-5-7-9(14(10)2)4-3-8(12)11(7)13/h3-5H,1-2H3. The predicted molar refractivity (Wildman–Crippen MR) is 52.8 cm³/mol. The van der Waals surface area contributed by atoms with Crippen molar-refractivity contribution in [1.82, 2.24) is 4.57 Å². The minimum atomic E-state index is -0.907. The van der Waals surface area contributed by atoms with Gasteiger partial charge in [0.2, 0.25) is 0 Å². The smallest absolute Gasteiger partial charge is 0.176 e. The largest absolute Gasteiger partial charge is 0.341 e. The zero-order valence-corrected chi connectivity index (χ0v) is 8.34. The van der Waals surface area contributed by atoms with Gasteiger partial charge in [0.05, 0.1) is 11.2 Å². The first-order valence-corrected chi connectivity index (χ1v) is 4.46. The Morgan fingerprint density at radius 2 is 2.00 bits per heavy atom. The summed E-state index contributed by atoms with van der Waals surface area (Å²) in [4.78, 5) is 11.2. The van der Waals surface area contributed by atoms with Gasteiger partial charge in [0.15, 0.2) is 17.4 Å². The van der Waals surface area contributed by atoms with Crippen LogP contribution in [-0.2, 0) is 7.05 Å². The van der Waals surface area contributed by atoms with Crippen molar-refractivity contribution in [3.8, 4) is 0 Å². The highest BCUT2D eigenvalue weighted by Gasteiger charge is 2.14. The molecule has 0 atom stereocenters. The average Bonchev–Trinajstić information content (AvgIpc) is 2.51. The maximum atomic E-state index is 13.4. The molecule has 78 valence electrons. The van der Waals surface area contributed by atoms with Gasteiger partial charge >= 0.3 is 0 Å². The monoisotopic (exact) mass is 209 g/mol. The van der Waals surface area contributed by atoms with Gasteiger partial charge in [-0.1, -0.05) is 0 Å². The normalized spacial score (nSPS) is 10.9. The molecule has 1 heterocycles. The molecule has 1 aromatic carbocycles. The van der Waals surface area contributed by atoms with Crippen molar-refractivity contribution in [2.24, 2.45) is 7.05 Å². The molecule has 0 aliphatic carbocycles. The summed E-state index contributed by atoms with van der Waals surface area (Å²) in [7, 11) is 1.65. The summed E-state index contributed by atoms with van der Waals surface area (Å²) in [6.45, 7) is 1.39. The van der Waals surface area contributed by atoms with Gasteiger partial charge in [-0.05, 0) is 18.2 Å².